The molecule has 0 aliphatic carbocycles. The number of methoxy groups -OCH3 is 1. The van der Waals surface area contributed by atoms with E-state index in [-0.39, 0.29) is 12.1 Å². The number of hydrogen-bond donors (Lipinski definition) is 2. The first-order chi connectivity index (χ1) is 10.6. The monoisotopic (exact) mass is 320 g/mol. The van der Waals surface area contributed by atoms with Crippen molar-refractivity contribution in [3.05, 3.63) is 41.4 Å². The fraction of sp³-hybridized carbons (Fsp3) is 0.333. The van der Waals surface area contributed by atoms with E-state index in [1.54, 1.807) is 13.3 Å². The van der Waals surface area contributed by atoms with Crippen LogP contribution in [0.2, 0.25) is 0 Å². The number of hydrogen-bond acceptors (Lipinski definition) is 5. The third-order valence-corrected chi connectivity index (χ3v) is 3.92. The fourth-order valence-electron chi connectivity index (χ4n) is 2.04. The van der Waals surface area contributed by atoms with Crippen LogP contribution in [0.3, 0.4) is 0 Å². The molecule has 0 radical (unpaired) electrons. The number of carbonyl (C=O) groups is 1. The highest BCUT2D eigenvalue weighted by atomic mass is 32.1. The van der Waals surface area contributed by atoms with Gasteiger partial charge in [-0.05, 0) is 31.8 Å². The number of urea groups is 1. The lowest BCUT2D eigenvalue weighted by molar-refractivity contribution is 0.243. The average molecular weight is 320 g/mol. The van der Waals surface area contributed by atoms with Crippen LogP contribution >= 0.6 is 11.3 Å². The second-order valence-electron chi connectivity index (χ2n) is 4.92. The number of thiazole rings is 1. The third kappa shape index (κ3) is 4.44. The van der Waals surface area contributed by atoms with E-state index in [1.165, 1.54) is 11.3 Å². The van der Waals surface area contributed by atoms with Crippen LogP contribution in [-0.2, 0) is 0 Å². The van der Waals surface area contributed by atoms with Gasteiger partial charge in [0.2, 0.25) is 0 Å². The highest BCUT2D eigenvalue weighted by molar-refractivity contribution is 7.13. The van der Waals surface area contributed by atoms with Crippen LogP contribution in [0.25, 0.3) is 0 Å². The fourth-order valence-corrected chi connectivity index (χ4v) is 2.56. The van der Waals surface area contributed by atoms with Crippen molar-refractivity contribution in [3.63, 3.8) is 0 Å². The smallest absolute Gasteiger partial charge is 0.321 e. The zero-order valence-electron chi connectivity index (χ0n) is 12.9. The normalized spacial score (nSPS) is 12.0. The quantitative estimate of drug-likeness (QED) is 0.858. The SMILES string of the molecule is COc1ccc([C@H](CNC(=O)Nc2nccs2)N(C)C)cc1. The summed E-state index contributed by atoms with van der Waals surface area (Å²) in [6, 6.07) is 7.67. The van der Waals surface area contributed by atoms with E-state index in [4.69, 9.17) is 4.74 Å². The molecule has 0 unspecified atom stereocenters. The first kappa shape index (κ1) is 16.3. The summed E-state index contributed by atoms with van der Waals surface area (Å²) in [6.07, 6.45) is 1.65. The Morgan fingerprint density at radius 3 is 2.64 bits per heavy atom. The number of benzene rings is 1. The van der Waals surface area contributed by atoms with E-state index in [1.807, 2.05) is 43.7 Å². The van der Waals surface area contributed by atoms with Gasteiger partial charge in [-0.25, -0.2) is 9.78 Å². The third-order valence-electron chi connectivity index (χ3n) is 3.23. The van der Waals surface area contributed by atoms with Gasteiger partial charge in [0.15, 0.2) is 5.13 Å². The number of rotatable bonds is 6. The Hall–Kier alpha value is -2.12. The Morgan fingerprint density at radius 1 is 1.36 bits per heavy atom. The molecule has 2 N–H and O–H groups in total. The van der Waals surface area contributed by atoms with E-state index < -0.39 is 0 Å². The van der Waals surface area contributed by atoms with E-state index >= 15 is 0 Å². The molecule has 0 spiro atoms. The molecular formula is C15H20N4O2S. The van der Waals surface area contributed by atoms with Crippen LogP contribution in [0.15, 0.2) is 35.8 Å². The van der Waals surface area contributed by atoms with Crippen molar-refractivity contribution in [2.24, 2.45) is 0 Å². The minimum Gasteiger partial charge on any atom is -0.497 e. The van der Waals surface area contributed by atoms with Crippen LogP contribution in [-0.4, -0.2) is 43.7 Å². The van der Waals surface area contributed by atoms with Crippen LogP contribution < -0.4 is 15.4 Å². The van der Waals surface area contributed by atoms with Crippen molar-refractivity contribution >= 4 is 22.5 Å². The second kappa shape index (κ2) is 7.77. The first-order valence-electron chi connectivity index (χ1n) is 6.85. The maximum atomic E-state index is 11.9. The minimum atomic E-state index is -0.254. The molecule has 7 heteroatoms. The number of likely N-dealkylation sites (N-methyl/N-ethyl adjacent to an activating group) is 1. The van der Waals surface area contributed by atoms with Crippen molar-refractivity contribution in [2.75, 3.05) is 33.1 Å². The molecule has 0 aliphatic heterocycles. The van der Waals surface area contributed by atoms with Crippen molar-refractivity contribution < 1.29 is 9.53 Å². The molecular weight excluding hydrogens is 300 g/mol. The molecule has 0 aliphatic rings. The van der Waals surface area contributed by atoms with Gasteiger partial charge in [-0.3, -0.25) is 5.32 Å². The van der Waals surface area contributed by atoms with E-state index in [9.17, 15) is 4.79 Å². The van der Waals surface area contributed by atoms with Gasteiger partial charge in [-0.2, -0.15) is 0 Å². The molecule has 1 atom stereocenters. The lowest BCUT2D eigenvalue weighted by Gasteiger charge is -2.25. The average Bonchev–Trinajstić information content (AvgIpc) is 3.00. The van der Waals surface area contributed by atoms with Gasteiger partial charge in [0, 0.05) is 18.1 Å². The van der Waals surface area contributed by atoms with Gasteiger partial charge in [-0.1, -0.05) is 12.1 Å². The molecule has 0 saturated heterocycles. The molecule has 6 nitrogen and oxygen atoms in total. The number of carbonyl (C=O) groups excluding carboxylic acids is 1. The summed E-state index contributed by atoms with van der Waals surface area (Å²) in [6.45, 7) is 0.497. The van der Waals surface area contributed by atoms with Gasteiger partial charge in [0.1, 0.15) is 5.75 Å². The van der Waals surface area contributed by atoms with Gasteiger partial charge in [-0.15, -0.1) is 11.3 Å². The Kier molecular flexibility index (Phi) is 5.74. The van der Waals surface area contributed by atoms with Crippen molar-refractivity contribution in [1.29, 1.82) is 0 Å². The Morgan fingerprint density at radius 2 is 2.09 bits per heavy atom. The van der Waals surface area contributed by atoms with Crippen molar-refractivity contribution in [1.82, 2.24) is 15.2 Å². The largest absolute Gasteiger partial charge is 0.497 e. The van der Waals surface area contributed by atoms with Gasteiger partial charge < -0.3 is 15.0 Å². The summed E-state index contributed by atoms with van der Waals surface area (Å²) in [4.78, 5) is 18.0. The molecule has 1 aromatic heterocycles. The molecule has 2 amide bonds. The molecule has 1 heterocycles. The highest BCUT2D eigenvalue weighted by Gasteiger charge is 2.15. The van der Waals surface area contributed by atoms with Crippen molar-refractivity contribution in [3.8, 4) is 5.75 Å². The van der Waals surface area contributed by atoms with E-state index in [0.29, 0.717) is 11.7 Å². The molecule has 0 fully saturated rings. The molecule has 22 heavy (non-hydrogen) atoms. The van der Waals surface area contributed by atoms with Crippen molar-refractivity contribution in [2.45, 2.75) is 6.04 Å². The first-order valence-corrected chi connectivity index (χ1v) is 7.73. The van der Waals surface area contributed by atoms with Crippen LogP contribution in [0.5, 0.6) is 5.75 Å². The summed E-state index contributed by atoms with van der Waals surface area (Å²) < 4.78 is 5.17. The van der Waals surface area contributed by atoms with Gasteiger partial charge >= 0.3 is 6.03 Å². The number of anilines is 1. The standard InChI is InChI=1S/C15H20N4O2S/c1-19(2)13(11-4-6-12(21-3)7-5-11)10-17-14(20)18-15-16-8-9-22-15/h4-9,13H,10H2,1-3H3,(H2,16,17,18,20)/t13-/m0/s1. The van der Waals surface area contributed by atoms with Gasteiger partial charge in [0.05, 0.1) is 13.2 Å². The predicted molar refractivity (Wildman–Crippen MR) is 88.6 cm³/mol. The Balaban J connectivity index is 1.95. The second-order valence-corrected chi connectivity index (χ2v) is 5.82. The molecule has 2 aromatic rings. The summed E-state index contributed by atoms with van der Waals surface area (Å²) in [5.41, 5.74) is 1.11. The van der Waals surface area contributed by atoms with Crippen LogP contribution in [0.4, 0.5) is 9.93 Å². The molecule has 2 rings (SSSR count). The zero-order valence-corrected chi connectivity index (χ0v) is 13.7. The maximum Gasteiger partial charge on any atom is 0.321 e. The number of nitrogens with one attached hydrogen (secondary N) is 2. The van der Waals surface area contributed by atoms with Crippen LogP contribution in [0.1, 0.15) is 11.6 Å². The number of nitrogens with zero attached hydrogens (tertiary/aromatic N) is 2. The Bertz CT molecular complexity index is 584. The van der Waals surface area contributed by atoms with Crippen LogP contribution in [0, 0.1) is 0 Å². The topological polar surface area (TPSA) is 66.5 Å². The number of aromatic nitrogens is 1. The summed E-state index contributed by atoms with van der Waals surface area (Å²) in [7, 11) is 5.60. The molecule has 0 bridgehead atoms. The lowest BCUT2D eigenvalue weighted by Crippen LogP contribution is -2.36. The van der Waals surface area contributed by atoms with E-state index in [2.05, 4.69) is 20.5 Å². The molecule has 118 valence electrons. The molecule has 1 aromatic carbocycles. The summed E-state index contributed by atoms with van der Waals surface area (Å²) in [5, 5.41) is 7.98. The minimum absolute atomic E-state index is 0.0768. The van der Waals surface area contributed by atoms with Gasteiger partial charge in [0.25, 0.3) is 0 Å². The predicted octanol–water partition coefficient (Wildman–Crippen LogP) is 2.58. The lowest BCUT2D eigenvalue weighted by atomic mass is 10.1. The maximum absolute atomic E-state index is 11.9. The highest BCUT2D eigenvalue weighted by Crippen LogP contribution is 2.20. The van der Waals surface area contributed by atoms with E-state index in [0.717, 1.165) is 11.3 Å². The Labute approximate surface area is 134 Å². The number of amides is 2. The summed E-state index contributed by atoms with van der Waals surface area (Å²) >= 11 is 1.38. The summed E-state index contributed by atoms with van der Waals surface area (Å²) in [5.74, 6) is 0.815. The number of ether oxygens (including phenoxy) is 1. The zero-order chi connectivity index (χ0) is 15.9. The molecule has 0 saturated carbocycles.